The molecule has 0 aromatic carbocycles. The van der Waals surface area contributed by atoms with Crippen LogP contribution in [0, 0.1) is 11.3 Å². The fraction of sp³-hybridized carbons (Fsp3) is 0.923. The summed E-state index contributed by atoms with van der Waals surface area (Å²) in [6.45, 7) is 10.5. The molecule has 17 heavy (non-hydrogen) atoms. The third-order valence-corrected chi connectivity index (χ3v) is 2.42. The van der Waals surface area contributed by atoms with Crippen LogP contribution in [0.2, 0.25) is 0 Å². The summed E-state index contributed by atoms with van der Waals surface area (Å²) < 4.78 is 10.8. The molecule has 0 bridgehead atoms. The average molecular weight is 242 g/mol. The Morgan fingerprint density at radius 2 is 1.82 bits per heavy atom. The van der Waals surface area contributed by atoms with E-state index in [4.69, 9.17) is 9.47 Å². The van der Waals surface area contributed by atoms with Gasteiger partial charge in [0.15, 0.2) is 0 Å². The van der Waals surface area contributed by atoms with E-state index in [1.807, 2.05) is 34.6 Å². The molecule has 4 heteroatoms. The third-order valence-electron chi connectivity index (χ3n) is 2.42. The molecule has 0 aromatic heterocycles. The van der Waals surface area contributed by atoms with Gasteiger partial charge in [-0.25, -0.2) is 0 Å². The summed E-state index contributed by atoms with van der Waals surface area (Å²) >= 11 is 0. The lowest BCUT2D eigenvalue weighted by Crippen LogP contribution is -2.47. The van der Waals surface area contributed by atoms with Crippen molar-refractivity contribution in [2.24, 2.45) is 0 Å². The number of methoxy groups -OCH3 is 1. The molecule has 0 amide bonds. The van der Waals surface area contributed by atoms with Crippen molar-refractivity contribution in [1.29, 1.82) is 5.26 Å². The summed E-state index contributed by atoms with van der Waals surface area (Å²) in [5.41, 5.74) is -0.541. The first-order valence-electron chi connectivity index (χ1n) is 6.16. The normalized spacial score (nSPS) is 18.5. The van der Waals surface area contributed by atoms with Crippen molar-refractivity contribution < 1.29 is 9.47 Å². The minimum Gasteiger partial charge on any atom is -0.382 e. The fourth-order valence-electron chi connectivity index (χ4n) is 2.07. The summed E-state index contributed by atoms with van der Waals surface area (Å²) in [4.78, 5) is 0. The smallest absolute Gasteiger partial charge is 0.106 e. The highest BCUT2D eigenvalue weighted by molar-refractivity contribution is 5.05. The first kappa shape index (κ1) is 16.4. The molecule has 0 heterocycles. The predicted octanol–water partition coefficient (Wildman–Crippen LogP) is 2.10. The van der Waals surface area contributed by atoms with Crippen LogP contribution in [0.15, 0.2) is 0 Å². The summed E-state index contributed by atoms with van der Waals surface area (Å²) in [6.07, 6.45) is 0.739. The van der Waals surface area contributed by atoms with Crippen LogP contribution in [-0.2, 0) is 9.47 Å². The lowest BCUT2D eigenvalue weighted by atomic mass is 9.95. The van der Waals surface area contributed by atoms with E-state index < -0.39 is 5.54 Å². The Morgan fingerprint density at radius 1 is 1.24 bits per heavy atom. The van der Waals surface area contributed by atoms with Crippen molar-refractivity contribution in [1.82, 2.24) is 5.32 Å². The second-order valence-electron chi connectivity index (χ2n) is 5.16. The molecule has 0 aliphatic heterocycles. The largest absolute Gasteiger partial charge is 0.382 e. The highest BCUT2D eigenvalue weighted by Crippen LogP contribution is 2.16. The fourth-order valence-corrected chi connectivity index (χ4v) is 2.07. The molecule has 0 radical (unpaired) electrons. The number of nitrogens with zero attached hydrogens (tertiary/aromatic N) is 1. The highest BCUT2D eigenvalue weighted by atomic mass is 16.5. The van der Waals surface area contributed by atoms with E-state index in [0.29, 0.717) is 13.0 Å². The molecule has 0 saturated carbocycles. The molecule has 0 aromatic rings. The Hall–Kier alpha value is -0.630. The summed E-state index contributed by atoms with van der Waals surface area (Å²) in [5.74, 6) is 0. The maximum Gasteiger partial charge on any atom is 0.106 e. The van der Waals surface area contributed by atoms with Gasteiger partial charge in [-0.1, -0.05) is 0 Å². The summed E-state index contributed by atoms with van der Waals surface area (Å²) in [7, 11) is 1.66. The molecular formula is C13H26N2O2. The first-order valence-corrected chi connectivity index (χ1v) is 6.16. The quantitative estimate of drug-likeness (QED) is 0.708. The van der Waals surface area contributed by atoms with Gasteiger partial charge >= 0.3 is 0 Å². The number of ether oxygens (including phenoxy) is 2. The molecule has 0 fully saturated rings. The molecule has 0 spiro atoms. The van der Waals surface area contributed by atoms with Crippen LogP contribution in [-0.4, -0.2) is 37.5 Å². The Labute approximate surface area is 105 Å². The molecule has 4 nitrogen and oxygen atoms in total. The molecule has 3 unspecified atom stereocenters. The van der Waals surface area contributed by atoms with Crippen LogP contribution in [0.4, 0.5) is 0 Å². The van der Waals surface area contributed by atoms with Crippen LogP contribution in [0.25, 0.3) is 0 Å². The van der Waals surface area contributed by atoms with Gasteiger partial charge in [-0.2, -0.15) is 5.26 Å². The van der Waals surface area contributed by atoms with E-state index in [9.17, 15) is 5.26 Å². The van der Waals surface area contributed by atoms with Crippen molar-refractivity contribution in [3.05, 3.63) is 0 Å². The van der Waals surface area contributed by atoms with Gasteiger partial charge in [-0.15, -0.1) is 0 Å². The zero-order valence-electron chi connectivity index (χ0n) is 11.9. The van der Waals surface area contributed by atoms with Crippen LogP contribution in [0.5, 0.6) is 0 Å². The Bertz CT molecular complexity index is 250. The van der Waals surface area contributed by atoms with E-state index in [-0.39, 0.29) is 18.2 Å². The highest BCUT2D eigenvalue weighted by Gasteiger charge is 2.27. The molecule has 0 aliphatic carbocycles. The number of nitrogens with one attached hydrogen (secondary N) is 1. The van der Waals surface area contributed by atoms with E-state index in [0.717, 1.165) is 0 Å². The van der Waals surface area contributed by atoms with E-state index in [1.165, 1.54) is 0 Å². The molecule has 3 atom stereocenters. The van der Waals surface area contributed by atoms with Gasteiger partial charge in [-0.3, -0.25) is 5.32 Å². The molecular weight excluding hydrogens is 216 g/mol. The first-order chi connectivity index (χ1) is 7.83. The molecule has 0 rings (SSSR count). The van der Waals surface area contributed by atoms with Crippen LogP contribution in [0.1, 0.15) is 41.0 Å². The van der Waals surface area contributed by atoms with Crippen molar-refractivity contribution in [3.63, 3.8) is 0 Å². The van der Waals surface area contributed by atoms with Crippen molar-refractivity contribution in [2.45, 2.75) is 64.8 Å². The SMILES string of the molecule is COCC(C)OC(C)CC(C)(C#N)NC(C)C. The van der Waals surface area contributed by atoms with E-state index in [1.54, 1.807) is 7.11 Å². The van der Waals surface area contributed by atoms with Crippen molar-refractivity contribution >= 4 is 0 Å². The third kappa shape index (κ3) is 7.32. The van der Waals surface area contributed by atoms with E-state index in [2.05, 4.69) is 11.4 Å². The maximum atomic E-state index is 9.23. The Balaban J connectivity index is 4.24. The van der Waals surface area contributed by atoms with Crippen molar-refractivity contribution in [2.75, 3.05) is 13.7 Å². The van der Waals surface area contributed by atoms with Crippen molar-refractivity contribution in [3.8, 4) is 6.07 Å². The zero-order valence-corrected chi connectivity index (χ0v) is 11.9. The second kappa shape index (κ2) is 7.65. The number of hydrogen-bond donors (Lipinski definition) is 1. The number of rotatable bonds is 8. The predicted molar refractivity (Wildman–Crippen MR) is 68.8 cm³/mol. The zero-order chi connectivity index (χ0) is 13.5. The Morgan fingerprint density at radius 3 is 2.24 bits per heavy atom. The minimum atomic E-state index is -0.541. The molecule has 0 aliphatic rings. The lowest BCUT2D eigenvalue weighted by Gasteiger charge is -2.29. The number of hydrogen-bond acceptors (Lipinski definition) is 4. The van der Waals surface area contributed by atoms with Gasteiger partial charge in [0, 0.05) is 19.6 Å². The molecule has 1 N–H and O–H groups in total. The van der Waals surface area contributed by atoms with Crippen LogP contribution >= 0.6 is 0 Å². The number of nitriles is 1. The second-order valence-corrected chi connectivity index (χ2v) is 5.16. The maximum absolute atomic E-state index is 9.23. The van der Waals surface area contributed by atoms with Gasteiger partial charge in [0.05, 0.1) is 24.9 Å². The van der Waals surface area contributed by atoms with Crippen LogP contribution < -0.4 is 5.32 Å². The van der Waals surface area contributed by atoms with Gasteiger partial charge < -0.3 is 9.47 Å². The van der Waals surface area contributed by atoms with Gasteiger partial charge in [0.25, 0.3) is 0 Å². The molecule has 0 saturated heterocycles. The lowest BCUT2D eigenvalue weighted by molar-refractivity contribution is -0.0399. The minimum absolute atomic E-state index is 0.0241. The van der Waals surface area contributed by atoms with Gasteiger partial charge in [0.2, 0.25) is 0 Å². The van der Waals surface area contributed by atoms with Gasteiger partial charge in [-0.05, 0) is 34.6 Å². The topological polar surface area (TPSA) is 54.3 Å². The standard InChI is InChI=1S/C13H26N2O2/c1-10(2)15-13(5,9-14)7-11(3)17-12(4)8-16-6/h10-12,15H,7-8H2,1-6H3. The summed E-state index contributed by atoms with van der Waals surface area (Å²) in [5, 5.41) is 12.5. The summed E-state index contributed by atoms with van der Waals surface area (Å²) in [6, 6.07) is 2.60. The average Bonchev–Trinajstić information content (AvgIpc) is 2.15. The molecule has 100 valence electrons. The monoisotopic (exact) mass is 242 g/mol. The Kier molecular flexibility index (Phi) is 7.37. The van der Waals surface area contributed by atoms with Gasteiger partial charge in [0.1, 0.15) is 5.54 Å². The van der Waals surface area contributed by atoms with E-state index >= 15 is 0 Å². The van der Waals surface area contributed by atoms with Crippen LogP contribution in [0.3, 0.4) is 0 Å².